The third-order valence-corrected chi connectivity index (χ3v) is 9.98. The maximum Gasteiger partial charge on any atom is 0.500 e. The summed E-state index contributed by atoms with van der Waals surface area (Å²) in [7, 11) is -0.939. The van der Waals surface area contributed by atoms with Crippen LogP contribution in [-0.4, -0.2) is 77.1 Å². The number of rotatable bonds is 16. The average molecular weight is 451 g/mol. The summed E-state index contributed by atoms with van der Waals surface area (Å²) in [5.41, 5.74) is 0.633. The van der Waals surface area contributed by atoms with E-state index in [1.165, 1.54) is 21.3 Å². The Morgan fingerprint density at radius 2 is 1.10 bits per heavy atom. The Hall–Kier alpha value is -1.35. The summed E-state index contributed by atoms with van der Waals surface area (Å²) >= 11 is 0. The van der Waals surface area contributed by atoms with Gasteiger partial charge in [0, 0.05) is 38.5 Å². The molecule has 0 bridgehead atoms. The van der Waals surface area contributed by atoms with Crippen LogP contribution in [0.1, 0.15) is 13.8 Å². The summed E-state index contributed by atoms with van der Waals surface area (Å²) in [5, 5.41) is 0. The molecule has 0 unspecified atom stereocenters. The Morgan fingerprint density at radius 1 is 0.724 bits per heavy atom. The monoisotopic (exact) mass is 450 g/mol. The third-order valence-electron chi connectivity index (χ3n) is 3.96. The lowest BCUT2D eigenvalue weighted by Gasteiger charge is -2.31. The van der Waals surface area contributed by atoms with Crippen LogP contribution in [0.15, 0.2) is 24.3 Å². The highest BCUT2D eigenvalue weighted by atomic mass is 28.4. The number of ether oxygens (including phenoxy) is 2. The molecule has 0 aromatic rings. The smallest absolute Gasteiger partial charge is 0.460 e. The molecule has 0 fully saturated rings. The molecule has 168 valence electrons. The van der Waals surface area contributed by atoms with Gasteiger partial charge < -0.3 is 31.6 Å². The summed E-state index contributed by atoms with van der Waals surface area (Å²) in [6, 6.07) is 0.994. The molecule has 29 heavy (non-hydrogen) atoms. The van der Waals surface area contributed by atoms with Gasteiger partial charge in [-0.25, -0.2) is 9.59 Å². The van der Waals surface area contributed by atoms with Crippen molar-refractivity contribution in [1.82, 2.24) is 0 Å². The van der Waals surface area contributed by atoms with Crippen molar-refractivity contribution >= 4 is 29.3 Å². The number of hydrogen-bond acceptors (Lipinski definition) is 9. The van der Waals surface area contributed by atoms with Gasteiger partial charge >= 0.3 is 29.3 Å². The van der Waals surface area contributed by atoms with Crippen molar-refractivity contribution in [2.75, 3.05) is 47.8 Å². The largest absolute Gasteiger partial charge is 0.500 e. The highest BCUT2D eigenvalue weighted by Crippen LogP contribution is 2.24. The van der Waals surface area contributed by atoms with Gasteiger partial charge in [0.15, 0.2) is 0 Å². The standard InChI is InChI=1S/C18H34O9Si2/c1-15(2)17(19)24-9-11-26-28(8,13-14-29(21-5,22-6)23-7)27-12-10-25-18(20)16(3)4/h1,3,9-14H2,2,4-8H3. The number of carbonyl (C=O) groups is 2. The quantitative estimate of drug-likeness (QED) is 0.152. The minimum Gasteiger partial charge on any atom is -0.460 e. The zero-order valence-corrected chi connectivity index (χ0v) is 20.3. The van der Waals surface area contributed by atoms with Crippen LogP contribution in [0.4, 0.5) is 0 Å². The van der Waals surface area contributed by atoms with E-state index in [0.717, 1.165) is 0 Å². The Labute approximate surface area is 175 Å². The molecule has 0 spiro atoms. The Balaban J connectivity index is 4.82. The predicted octanol–water partition coefficient (Wildman–Crippen LogP) is 2.21. The van der Waals surface area contributed by atoms with Gasteiger partial charge in [-0.15, -0.1) is 0 Å². The molecule has 11 heteroatoms. The summed E-state index contributed by atoms with van der Waals surface area (Å²) < 4.78 is 38.3. The Kier molecular flexibility index (Phi) is 13.2. The molecule has 0 atom stereocenters. The highest BCUT2D eigenvalue weighted by Gasteiger charge is 2.43. The van der Waals surface area contributed by atoms with Crippen LogP contribution in [0.5, 0.6) is 0 Å². The van der Waals surface area contributed by atoms with Gasteiger partial charge in [0.1, 0.15) is 13.2 Å². The van der Waals surface area contributed by atoms with Gasteiger partial charge in [0.05, 0.1) is 13.2 Å². The average Bonchev–Trinajstić information content (AvgIpc) is 2.69. The molecule has 0 aromatic carbocycles. The molecule has 0 aliphatic carbocycles. The number of esters is 2. The maximum atomic E-state index is 11.5. The highest BCUT2D eigenvalue weighted by molar-refractivity contribution is 6.69. The molecule has 0 aliphatic heterocycles. The van der Waals surface area contributed by atoms with Crippen LogP contribution in [0, 0.1) is 0 Å². The van der Waals surface area contributed by atoms with Crippen molar-refractivity contribution in [3.05, 3.63) is 24.3 Å². The van der Waals surface area contributed by atoms with Crippen molar-refractivity contribution in [3.8, 4) is 0 Å². The van der Waals surface area contributed by atoms with Gasteiger partial charge in [-0.2, -0.15) is 0 Å². The third kappa shape index (κ3) is 10.8. The van der Waals surface area contributed by atoms with Gasteiger partial charge in [-0.05, 0) is 26.4 Å². The first-order chi connectivity index (χ1) is 13.5. The molecule has 0 N–H and O–H groups in total. The second-order valence-electron chi connectivity index (χ2n) is 6.46. The van der Waals surface area contributed by atoms with Crippen molar-refractivity contribution in [2.24, 2.45) is 0 Å². The van der Waals surface area contributed by atoms with Crippen LogP contribution in [0.25, 0.3) is 0 Å². The van der Waals surface area contributed by atoms with Crippen molar-refractivity contribution in [2.45, 2.75) is 32.5 Å². The zero-order valence-electron chi connectivity index (χ0n) is 18.3. The van der Waals surface area contributed by atoms with E-state index >= 15 is 0 Å². The van der Waals surface area contributed by atoms with Crippen molar-refractivity contribution in [1.29, 1.82) is 0 Å². The first-order valence-electron chi connectivity index (χ1n) is 9.13. The molecule has 0 radical (unpaired) electrons. The van der Waals surface area contributed by atoms with Crippen LogP contribution in [0.2, 0.25) is 18.6 Å². The number of carbonyl (C=O) groups excluding carboxylic acids is 2. The van der Waals surface area contributed by atoms with Crippen molar-refractivity contribution < 1.29 is 41.2 Å². The van der Waals surface area contributed by atoms with Crippen LogP contribution >= 0.6 is 0 Å². The van der Waals surface area contributed by atoms with Gasteiger partial charge in [-0.1, -0.05) is 13.2 Å². The Bertz CT molecular complexity index is 519. The Morgan fingerprint density at radius 3 is 1.41 bits per heavy atom. The van der Waals surface area contributed by atoms with E-state index in [2.05, 4.69) is 13.2 Å². The lowest BCUT2D eigenvalue weighted by Crippen LogP contribution is -2.47. The van der Waals surface area contributed by atoms with E-state index in [9.17, 15) is 9.59 Å². The number of hydrogen-bond donors (Lipinski definition) is 0. The normalized spacial score (nSPS) is 11.8. The summed E-state index contributed by atoms with van der Waals surface area (Å²) in [6.45, 7) is 12.5. The molecule has 9 nitrogen and oxygen atoms in total. The molecule has 0 aliphatic rings. The second-order valence-corrected chi connectivity index (χ2v) is 12.9. The van der Waals surface area contributed by atoms with Crippen LogP contribution in [-0.2, 0) is 41.2 Å². The zero-order chi connectivity index (χ0) is 22.5. The van der Waals surface area contributed by atoms with E-state index in [1.807, 2.05) is 6.55 Å². The molecule has 0 saturated heterocycles. The molecular weight excluding hydrogens is 416 g/mol. The molecule has 0 amide bonds. The lowest BCUT2D eigenvalue weighted by molar-refractivity contribution is -0.140. The SMILES string of the molecule is C=C(C)C(=O)OCCO[Si](C)(CC[Si](OC)(OC)OC)OCCOC(=O)C(=C)C. The predicted molar refractivity (Wildman–Crippen MR) is 111 cm³/mol. The summed E-state index contributed by atoms with van der Waals surface area (Å²) in [4.78, 5) is 22.9. The first-order valence-corrected chi connectivity index (χ1v) is 13.6. The molecular formula is C18H34O9Si2. The van der Waals surface area contributed by atoms with Gasteiger partial charge in [0.2, 0.25) is 0 Å². The topological polar surface area (TPSA) is 98.8 Å². The van der Waals surface area contributed by atoms with E-state index < -0.39 is 29.3 Å². The van der Waals surface area contributed by atoms with E-state index in [1.54, 1.807) is 13.8 Å². The first kappa shape index (κ1) is 27.7. The van der Waals surface area contributed by atoms with Gasteiger partial charge in [0.25, 0.3) is 0 Å². The summed E-state index contributed by atoms with van der Waals surface area (Å²) in [5.74, 6) is -0.955. The van der Waals surface area contributed by atoms with E-state index in [0.29, 0.717) is 23.2 Å². The summed E-state index contributed by atoms with van der Waals surface area (Å²) in [6.07, 6.45) is 0. The second kappa shape index (κ2) is 13.8. The lowest BCUT2D eigenvalue weighted by atomic mass is 10.4. The molecule has 0 rings (SSSR count). The molecule has 0 heterocycles. The minimum atomic E-state index is -2.81. The maximum absolute atomic E-state index is 11.5. The van der Waals surface area contributed by atoms with E-state index in [-0.39, 0.29) is 26.4 Å². The van der Waals surface area contributed by atoms with Crippen LogP contribution < -0.4 is 0 Å². The van der Waals surface area contributed by atoms with E-state index in [4.69, 9.17) is 31.6 Å². The van der Waals surface area contributed by atoms with Gasteiger partial charge in [-0.3, -0.25) is 0 Å². The molecule has 0 saturated carbocycles. The van der Waals surface area contributed by atoms with Crippen LogP contribution in [0.3, 0.4) is 0 Å². The minimum absolute atomic E-state index is 0.0731. The van der Waals surface area contributed by atoms with Crippen molar-refractivity contribution in [3.63, 3.8) is 0 Å². The molecule has 0 aromatic heterocycles. The fourth-order valence-electron chi connectivity index (χ4n) is 2.15. The fraction of sp³-hybridized carbons (Fsp3) is 0.667. The fourth-order valence-corrected chi connectivity index (χ4v) is 7.71.